The van der Waals surface area contributed by atoms with Gasteiger partial charge in [0.2, 0.25) is 0 Å². The minimum atomic E-state index is 0.263. The normalized spacial score (nSPS) is 23.2. The summed E-state index contributed by atoms with van der Waals surface area (Å²) in [5.41, 5.74) is 1.13. The van der Waals surface area contributed by atoms with Crippen molar-refractivity contribution in [2.45, 2.75) is 6.42 Å². The molecule has 3 heteroatoms. The Labute approximate surface area is 79.1 Å². The molecule has 1 nitrogen and oxygen atoms in total. The van der Waals surface area contributed by atoms with Crippen molar-refractivity contribution < 1.29 is 0 Å². The second-order valence-electron chi connectivity index (χ2n) is 2.63. The smallest absolute Gasteiger partial charge is 0.0712 e. The molecule has 1 unspecified atom stereocenters. The van der Waals surface area contributed by atoms with Crippen LogP contribution in [-0.4, -0.2) is 11.5 Å². The fourth-order valence-electron chi connectivity index (χ4n) is 1.07. The SMILES string of the molecule is c1ccc(N=S2CCCS2)cc1. The molecule has 1 aliphatic heterocycles. The Hall–Kier alpha value is -0.280. The summed E-state index contributed by atoms with van der Waals surface area (Å²) in [5, 5.41) is 0. The number of hydrogen-bond donors (Lipinski definition) is 0. The average Bonchev–Trinajstić information content (AvgIpc) is 2.59. The second kappa shape index (κ2) is 4.10. The summed E-state index contributed by atoms with van der Waals surface area (Å²) in [7, 11) is 2.26. The molecule has 0 bridgehead atoms. The molecule has 1 aromatic carbocycles. The van der Waals surface area contributed by atoms with Crippen LogP contribution in [0.2, 0.25) is 0 Å². The van der Waals surface area contributed by atoms with Crippen molar-refractivity contribution in [3.63, 3.8) is 0 Å². The van der Waals surface area contributed by atoms with Crippen LogP contribution in [-0.2, 0) is 9.72 Å². The molecular formula is C9H11NS2. The van der Waals surface area contributed by atoms with Gasteiger partial charge in [0.25, 0.3) is 0 Å². The van der Waals surface area contributed by atoms with E-state index in [0.717, 1.165) is 5.69 Å². The minimum Gasteiger partial charge on any atom is -0.218 e. The maximum Gasteiger partial charge on any atom is 0.0712 e. The van der Waals surface area contributed by atoms with Crippen molar-refractivity contribution in [1.82, 2.24) is 0 Å². The second-order valence-corrected chi connectivity index (χ2v) is 6.37. The Kier molecular flexibility index (Phi) is 2.84. The number of hydrogen-bond acceptors (Lipinski definition) is 2. The molecule has 0 saturated carbocycles. The first-order valence-corrected chi connectivity index (χ1v) is 6.91. The van der Waals surface area contributed by atoms with Gasteiger partial charge in [-0.2, -0.15) is 0 Å². The molecule has 0 radical (unpaired) electrons. The van der Waals surface area contributed by atoms with Gasteiger partial charge in [0.1, 0.15) is 0 Å². The summed E-state index contributed by atoms with van der Waals surface area (Å²) in [6, 6.07) is 10.3. The molecule has 1 aromatic rings. The van der Waals surface area contributed by atoms with Crippen molar-refractivity contribution in [1.29, 1.82) is 0 Å². The fraction of sp³-hybridized carbons (Fsp3) is 0.333. The molecule has 2 rings (SSSR count). The van der Waals surface area contributed by atoms with Gasteiger partial charge in [-0.15, -0.1) is 0 Å². The molecule has 1 fully saturated rings. The van der Waals surface area contributed by atoms with Crippen molar-refractivity contribution in [2.75, 3.05) is 11.5 Å². The van der Waals surface area contributed by atoms with E-state index < -0.39 is 0 Å². The molecule has 0 aromatic heterocycles. The van der Waals surface area contributed by atoms with Gasteiger partial charge in [0.15, 0.2) is 0 Å². The highest BCUT2D eigenvalue weighted by atomic mass is 33.1. The molecule has 12 heavy (non-hydrogen) atoms. The first-order chi connectivity index (χ1) is 5.95. The third-order valence-corrected chi connectivity index (χ3v) is 5.47. The van der Waals surface area contributed by atoms with E-state index in [0.29, 0.717) is 0 Å². The maximum atomic E-state index is 4.65. The lowest BCUT2D eigenvalue weighted by atomic mass is 10.3. The zero-order valence-electron chi connectivity index (χ0n) is 6.77. The molecule has 0 N–H and O–H groups in total. The van der Waals surface area contributed by atoms with Crippen molar-refractivity contribution in [3.8, 4) is 0 Å². The summed E-state index contributed by atoms with van der Waals surface area (Å²) < 4.78 is 4.65. The lowest BCUT2D eigenvalue weighted by molar-refractivity contribution is 1.14. The van der Waals surface area contributed by atoms with Crippen LogP contribution in [0.4, 0.5) is 5.69 Å². The van der Waals surface area contributed by atoms with Crippen LogP contribution in [0.5, 0.6) is 0 Å². The van der Waals surface area contributed by atoms with Gasteiger partial charge in [-0.05, 0) is 28.3 Å². The first-order valence-electron chi connectivity index (χ1n) is 4.06. The topological polar surface area (TPSA) is 12.4 Å². The minimum absolute atomic E-state index is 0.263. The van der Waals surface area contributed by atoms with E-state index in [-0.39, 0.29) is 9.72 Å². The molecule has 0 amide bonds. The average molecular weight is 197 g/mol. The molecular weight excluding hydrogens is 186 g/mol. The molecule has 1 atom stereocenters. The molecule has 64 valence electrons. The monoisotopic (exact) mass is 197 g/mol. The highest BCUT2D eigenvalue weighted by Gasteiger charge is 2.06. The number of rotatable bonds is 1. The Balaban J connectivity index is 2.16. The van der Waals surface area contributed by atoms with Gasteiger partial charge in [0, 0.05) is 11.5 Å². The predicted octanol–water partition coefficient (Wildman–Crippen LogP) is 3.17. The Morgan fingerprint density at radius 2 is 2.08 bits per heavy atom. The van der Waals surface area contributed by atoms with Crippen LogP contribution in [0.3, 0.4) is 0 Å². The summed E-state index contributed by atoms with van der Waals surface area (Å²) >= 11 is 0. The van der Waals surface area contributed by atoms with Crippen LogP contribution in [0, 0.1) is 0 Å². The van der Waals surface area contributed by atoms with Crippen LogP contribution < -0.4 is 0 Å². The van der Waals surface area contributed by atoms with Crippen molar-refractivity contribution >= 4 is 26.2 Å². The quantitative estimate of drug-likeness (QED) is 0.630. The van der Waals surface area contributed by atoms with Crippen molar-refractivity contribution in [3.05, 3.63) is 30.3 Å². The summed E-state index contributed by atoms with van der Waals surface area (Å²) in [4.78, 5) is 0. The van der Waals surface area contributed by atoms with E-state index in [1.165, 1.54) is 17.9 Å². The van der Waals surface area contributed by atoms with E-state index in [2.05, 4.69) is 16.5 Å². The standard InChI is InChI=1S/C9H11NS2/c1-2-5-9(6-3-1)10-12-8-4-7-11-12/h1-3,5-6H,4,7-8H2. The lowest BCUT2D eigenvalue weighted by Gasteiger charge is -1.95. The number of nitrogens with zero attached hydrogens (tertiary/aromatic N) is 1. The van der Waals surface area contributed by atoms with E-state index >= 15 is 0 Å². The Morgan fingerprint density at radius 3 is 2.75 bits per heavy atom. The molecule has 1 saturated heterocycles. The summed E-state index contributed by atoms with van der Waals surface area (Å²) in [6.45, 7) is 0. The Morgan fingerprint density at radius 1 is 1.25 bits per heavy atom. The van der Waals surface area contributed by atoms with E-state index in [4.69, 9.17) is 0 Å². The van der Waals surface area contributed by atoms with Gasteiger partial charge in [-0.1, -0.05) is 29.0 Å². The van der Waals surface area contributed by atoms with E-state index in [1.54, 1.807) is 0 Å². The van der Waals surface area contributed by atoms with Gasteiger partial charge >= 0.3 is 0 Å². The van der Waals surface area contributed by atoms with Gasteiger partial charge in [-0.25, -0.2) is 4.36 Å². The lowest BCUT2D eigenvalue weighted by Crippen LogP contribution is -1.78. The first kappa shape index (κ1) is 8.32. The molecule has 0 aliphatic carbocycles. The molecule has 0 spiro atoms. The van der Waals surface area contributed by atoms with Gasteiger partial charge in [-0.3, -0.25) is 0 Å². The van der Waals surface area contributed by atoms with Crippen LogP contribution >= 0.6 is 10.8 Å². The van der Waals surface area contributed by atoms with Crippen LogP contribution in [0.1, 0.15) is 6.42 Å². The third-order valence-electron chi connectivity index (χ3n) is 1.65. The van der Waals surface area contributed by atoms with Crippen molar-refractivity contribution in [2.24, 2.45) is 4.36 Å². The fourth-order valence-corrected chi connectivity index (χ4v) is 4.78. The number of benzene rings is 1. The van der Waals surface area contributed by atoms with Crippen LogP contribution in [0.15, 0.2) is 34.7 Å². The maximum absolute atomic E-state index is 4.65. The summed E-state index contributed by atoms with van der Waals surface area (Å²) in [5.74, 6) is 2.57. The zero-order chi connectivity index (χ0) is 8.23. The van der Waals surface area contributed by atoms with Gasteiger partial charge in [0.05, 0.1) is 5.69 Å². The van der Waals surface area contributed by atoms with Gasteiger partial charge < -0.3 is 0 Å². The zero-order valence-corrected chi connectivity index (χ0v) is 8.40. The Bertz CT molecular complexity index is 274. The predicted molar refractivity (Wildman–Crippen MR) is 57.8 cm³/mol. The third kappa shape index (κ3) is 2.11. The summed E-state index contributed by atoms with van der Waals surface area (Å²) in [6.07, 6.45) is 1.34. The largest absolute Gasteiger partial charge is 0.218 e. The van der Waals surface area contributed by atoms with Crippen LogP contribution in [0.25, 0.3) is 0 Å². The molecule has 1 heterocycles. The molecule has 1 aliphatic rings. The van der Waals surface area contributed by atoms with E-state index in [9.17, 15) is 0 Å². The highest BCUT2D eigenvalue weighted by molar-refractivity contribution is 8.70. The highest BCUT2D eigenvalue weighted by Crippen LogP contribution is 2.25. The van der Waals surface area contributed by atoms with E-state index in [1.807, 2.05) is 29.0 Å².